The Bertz CT molecular complexity index is 753. The molecule has 0 spiro atoms. The molecule has 3 aromatic rings. The SMILES string of the molecule is CCCNCc1nc(-n2nnc3ccccc32)ccc1Cl. The number of nitrogens with one attached hydrogen (secondary N) is 1. The van der Waals surface area contributed by atoms with E-state index in [0.29, 0.717) is 11.6 Å². The lowest BCUT2D eigenvalue weighted by atomic mass is 10.3. The molecular weight excluding hydrogens is 286 g/mol. The highest BCUT2D eigenvalue weighted by Crippen LogP contribution is 2.19. The van der Waals surface area contributed by atoms with Gasteiger partial charge in [-0.3, -0.25) is 0 Å². The monoisotopic (exact) mass is 301 g/mol. The summed E-state index contributed by atoms with van der Waals surface area (Å²) >= 11 is 6.21. The Morgan fingerprint density at radius 2 is 2.05 bits per heavy atom. The van der Waals surface area contributed by atoms with Crippen LogP contribution in [0.15, 0.2) is 36.4 Å². The van der Waals surface area contributed by atoms with Crippen LogP contribution in [0.5, 0.6) is 0 Å². The molecule has 0 aliphatic rings. The molecule has 0 aliphatic carbocycles. The molecule has 1 N–H and O–H groups in total. The average molecular weight is 302 g/mol. The van der Waals surface area contributed by atoms with E-state index in [4.69, 9.17) is 11.6 Å². The van der Waals surface area contributed by atoms with E-state index in [1.54, 1.807) is 4.68 Å². The van der Waals surface area contributed by atoms with Crippen molar-refractivity contribution in [2.75, 3.05) is 6.54 Å². The number of nitrogens with zero attached hydrogens (tertiary/aromatic N) is 4. The van der Waals surface area contributed by atoms with Crippen molar-refractivity contribution in [3.05, 3.63) is 47.1 Å². The number of halogens is 1. The van der Waals surface area contributed by atoms with Gasteiger partial charge in [0, 0.05) is 6.54 Å². The van der Waals surface area contributed by atoms with Gasteiger partial charge < -0.3 is 5.32 Å². The van der Waals surface area contributed by atoms with Gasteiger partial charge >= 0.3 is 0 Å². The minimum Gasteiger partial charge on any atom is -0.311 e. The molecule has 0 radical (unpaired) electrons. The lowest BCUT2D eigenvalue weighted by Gasteiger charge is -2.08. The Hall–Kier alpha value is -1.98. The van der Waals surface area contributed by atoms with Crippen molar-refractivity contribution in [3.63, 3.8) is 0 Å². The maximum absolute atomic E-state index is 6.21. The molecule has 2 aromatic heterocycles. The third-order valence-electron chi connectivity index (χ3n) is 3.19. The zero-order chi connectivity index (χ0) is 14.7. The van der Waals surface area contributed by atoms with Crippen LogP contribution in [0, 0.1) is 0 Å². The molecule has 0 amide bonds. The van der Waals surface area contributed by atoms with Crippen molar-refractivity contribution in [1.29, 1.82) is 0 Å². The summed E-state index contributed by atoms with van der Waals surface area (Å²) in [7, 11) is 0. The minimum atomic E-state index is 0.646. The fraction of sp³-hybridized carbons (Fsp3) is 0.267. The molecule has 6 heteroatoms. The summed E-state index contributed by atoms with van der Waals surface area (Å²) in [6.45, 7) is 3.71. The van der Waals surface area contributed by atoms with Crippen molar-refractivity contribution in [2.24, 2.45) is 0 Å². The van der Waals surface area contributed by atoms with Crippen LogP contribution in [0.4, 0.5) is 0 Å². The Balaban J connectivity index is 1.97. The second-order valence-electron chi connectivity index (χ2n) is 4.76. The number of benzene rings is 1. The summed E-state index contributed by atoms with van der Waals surface area (Å²) in [6, 6.07) is 11.5. The van der Waals surface area contributed by atoms with Crippen LogP contribution in [0.2, 0.25) is 5.02 Å². The van der Waals surface area contributed by atoms with Gasteiger partial charge in [0.15, 0.2) is 5.82 Å². The second-order valence-corrected chi connectivity index (χ2v) is 5.17. The van der Waals surface area contributed by atoms with E-state index in [2.05, 4.69) is 27.5 Å². The number of pyridine rings is 1. The molecule has 0 unspecified atom stereocenters. The quantitative estimate of drug-likeness (QED) is 0.736. The van der Waals surface area contributed by atoms with Crippen molar-refractivity contribution in [2.45, 2.75) is 19.9 Å². The van der Waals surface area contributed by atoms with E-state index in [0.717, 1.165) is 35.5 Å². The number of rotatable bonds is 5. The van der Waals surface area contributed by atoms with Crippen molar-refractivity contribution in [1.82, 2.24) is 25.3 Å². The first-order valence-corrected chi connectivity index (χ1v) is 7.34. The first kappa shape index (κ1) is 14.0. The van der Waals surface area contributed by atoms with Gasteiger partial charge in [0.25, 0.3) is 0 Å². The van der Waals surface area contributed by atoms with Gasteiger partial charge in [0.2, 0.25) is 0 Å². The van der Waals surface area contributed by atoms with E-state index < -0.39 is 0 Å². The third kappa shape index (κ3) is 2.89. The van der Waals surface area contributed by atoms with Gasteiger partial charge in [-0.15, -0.1) is 5.10 Å². The normalized spacial score (nSPS) is 11.1. The summed E-state index contributed by atoms with van der Waals surface area (Å²) in [6.07, 6.45) is 1.07. The van der Waals surface area contributed by atoms with Gasteiger partial charge in [-0.1, -0.05) is 35.9 Å². The summed E-state index contributed by atoms with van der Waals surface area (Å²) < 4.78 is 1.73. The van der Waals surface area contributed by atoms with Gasteiger partial charge in [0.1, 0.15) is 5.52 Å². The molecule has 0 saturated heterocycles. The van der Waals surface area contributed by atoms with Gasteiger partial charge in [-0.2, -0.15) is 4.68 Å². The molecule has 21 heavy (non-hydrogen) atoms. The van der Waals surface area contributed by atoms with Crippen molar-refractivity contribution < 1.29 is 0 Å². The average Bonchev–Trinajstić information content (AvgIpc) is 2.93. The van der Waals surface area contributed by atoms with Gasteiger partial charge in [-0.05, 0) is 37.2 Å². The fourth-order valence-electron chi connectivity index (χ4n) is 2.14. The molecule has 5 nitrogen and oxygen atoms in total. The number of para-hydroxylation sites is 1. The molecule has 2 heterocycles. The van der Waals surface area contributed by atoms with E-state index in [1.165, 1.54) is 0 Å². The fourth-order valence-corrected chi connectivity index (χ4v) is 2.31. The Labute approximate surface area is 127 Å². The van der Waals surface area contributed by atoms with Gasteiger partial charge in [0.05, 0.1) is 16.2 Å². The highest BCUT2D eigenvalue weighted by atomic mass is 35.5. The third-order valence-corrected chi connectivity index (χ3v) is 3.54. The van der Waals surface area contributed by atoms with Crippen molar-refractivity contribution >= 4 is 22.6 Å². The summed E-state index contributed by atoms with van der Waals surface area (Å²) in [5, 5.41) is 12.3. The summed E-state index contributed by atoms with van der Waals surface area (Å²) in [4.78, 5) is 4.60. The number of fused-ring (bicyclic) bond motifs is 1. The zero-order valence-electron chi connectivity index (χ0n) is 11.8. The maximum atomic E-state index is 6.21. The highest BCUT2D eigenvalue weighted by Gasteiger charge is 2.09. The van der Waals surface area contributed by atoms with E-state index in [-0.39, 0.29) is 0 Å². The molecule has 1 aromatic carbocycles. The number of hydrogen-bond donors (Lipinski definition) is 1. The first-order chi connectivity index (χ1) is 10.3. The lowest BCUT2D eigenvalue weighted by Crippen LogP contribution is -2.16. The van der Waals surface area contributed by atoms with Crippen LogP contribution < -0.4 is 5.32 Å². The zero-order valence-corrected chi connectivity index (χ0v) is 12.5. The summed E-state index contributed by atoms with van der Waals surface area (Å²) in [5.74, 6) is 0.724. The molecule has 0 fully saturated rings. The van der Waals surface area contributed by atoms with Crippen LogP contribution in [0.3, 0.4) is 0 Å². The largest absolute Gasteiger partial charge is 0.311 e. The topological polar surface area (TPSA) is 55.6 Å². The van der Waals surface area contributed by atoms with Gasteiger partial charge in [-0.25, -0.2) is 4.98 Å². The Morgan fingerprint density at radius 1 is 1.19 bits per heavy atom. The Morgan fingerprint density at radius 3 is 2.90 bits per heavy atom. The molecular formula is C15H16ClN5. The first-order valence-electron chi connectivity index (χ1n) is 6.96. The molecule has 0 atom stereocenters. The van der Waals surface area contributed by atoms with Crippen molar-refractivity contribution in [3.8, 4) is 5.82 Å². The van der Waals surface area contributed by atoms with Crippen LogP contribution >= 0.6 is 11.6 Å². The molecule has 0 bridgehead atoms. The Kier molecular flexibility index (Phi) is 4.13. The van der Waals surface area contributed by atoms with Crippen LogP contribution in [0.25, 0.3) is 16.9 Å². The molecule has 3 rings (SSSR count). The van der Waals surface area contributed by atoms with E-state index in [1.807, 2.05) is 36.4 Å². The van der Waals surface area contributed by atoms with Crippen LogP contribution in [0.1, 0.15) is 19.0 Å². The van der Waals surface area contributed by atoms with E-state index in [9.17, 15) is 0 Å². The maximum Gasteiger partial charge on any atom is 0.156 e. The number of hydrogen-bond acceptors (Lipinski definition) is 4. The molecule has 0 aliphatic heterocycles. The lowest BCUT2D eigenvalue weighted by molar-refractivity contribution is 0.661. The predicted octanol–water partition coefficient (Wildman–Crippen LogP) is 2.97. The second kappa shape index (κ2) is 6.20. The minimum absolute atomic E-state index is 0.646. The highest BCUT2D eigenvalue weighted by molar-refractivity contribution is 6.31. The molecule has 108 valence electrons. The predicted molar refractivity (Wildman–Crippen MR) is 83.7 cm³/mol. The number of aromatic nitrogens is 4. The summed E-state index contributed by atoms with van der Waals surface area (Å²) in [5.41, 5.74) is 2.60. The van der Waals surface area contributed by atoms with Crippen LogP contribution in [-0.2, 0) is 6.54 Å². The smallest absolute Gasteiger partial charge is 0.156 e. The van der Waals surface area contributed by atoms with Crippen LogP contribution in [-0.4, -0.2) is 26.5 Å². The molecule has 0 saturated carbocycles. The van der Waals surface area contributed by atoms with E-state index >= 15 is 0 Å². The standard InChI is InChI=1S/C15H16ClN5/c1-2-9-17-10-13-11(16)7-8-15(18-13)21-14-6-4-3-5-12(14)19-20-21/h3-8,17H,2,9-10H2,1H3.